The molecular weight excluding hydrogens is 392 g/mol. The smallest absolute Gasteiger partial charge is 0.320 e. The van der Waals surface area contributed by atoms with Crippen molar-refractivity contribution in [2.75, 3.05) is 20.3 Å². The summed E-state index contributed by atoms with van der Waals surface area (Å²) in [6.07, 6.45) is 4.26. The Morgan fingerprint density at radius 3 is 2.35 bits per heavy atom. The van der Waals surface area contributed by atoms with Gasteiger partial charge in [0, 0.05) is 12.6 Å². The quantitative estimate of drug-likeness (QED) is 0.587. The molecule has 1 atom stereocenters. The average molecular weight is 425 g/mol. The minimum atomic E-state index is -0.615. The lowest BCUT2D eigenvalue weighted by molar-refractivity contribution is -0.146. The molecule has 0 saturated heterocycles. The number of benzene rings is 2. The largest absolute Gasteiger partial charge is 0.497 e. The van der Waals surface area contributed by atoms with Crippen LogP contribution >= 0.6 is 0 Å². The van der Waals surface area contributed by atoms with Crippen LogP contribution in [0.4, 0.5) is 0 Å². The summed E-state index contributed by atoms with van der Waals surface area (Å²) in [5, 5.41) is 3.21. The fourth-order valence-electron chi connectivity index (χ4n) is 4.09. The number of carbonyl (C=O) groups excluding carboxylic acids is 2. The van der Waals surface area contributed by atoms with E-state index in [9.17, 15) is 9.59 Å². The van der Waals surface area contributed by atoms with Crippen molar-refractivity contribution < 1.29 is 19.1 Å². The zero-order chi connectivity index (χ0) is 22.1. The zero-order valence-corrected chi connectivity index (χ0v) is 18.4. The fraction of sp³-hybridized carbons (Fsp3) is 0.440. The van der Waals surface area contributed by atoms with Crippen LogP contribution in [0.3, 0.4) is 0 Å². The first-order chi connectivity index (χ1) is 15.1. The minimum Gasteiger partial charge on any atom is -0.497 e. The van der Waals surface area contributed by atoms with Crippen LogP contribution in [0.15, 0.2) is 54.6 Å². The Labute approximate surface area is 184 Å². The second-order valence-corrected chi connectivity index (χ2v) is 7.86. The molecule has 3 rings (SSSR count). The Hall–Kier alpha value is -2.86. The molecule has 0 radical (unpaired) electrons. The topological polar surface area (TPSA) is 67.9 Å². The Bertz CT molecular complexity index is 832. The summed E-state index contributed by atoms with van der Waals surface area (Å²) >= 11 is 0. The molecule has 1 amide bonds. The molecule has 2 aromatic rings. The van der Waals surface area contributed by atoms with E-state index < -0.39 is 6.04 Å². The van der Waals surface area contributed by atoms with Crippen LogP contribution in [-0.4, -0.2) is 43.1 Å². The number of esters is 1. The number of amides is 1. The number of hydrogen-bond acceptors (Lipinski definition) is 5. The summed E-state index contributed by atoms with van der Waals surface area (Å²) in [4.78, 5) is 27.8. The SMILES string of the molecule is CCOC(=O)CN(Cc1ccccc1)[C@@H](C(=O)NC1CCCC1)c1ccc(OC)cc1. The van der Waals surface area contributed by atoms with Crippen molar-refractivity contribution in [1.82, 2.24) is 10.2 Å². The Morgan fingerprint density at radius 2 is 1.74 bits per heavy atom. The highest BCUT2D eigenvalue weighted by atomic mass is 16.5. The predicted molar refractivity (Wildman–Crippen MR) is 120 cm³/mol. The van der Waals surface area contributed by atoms with Crippen LogP contribution in [0.1, 0.15) is 49.8 Å². The molecular formula is C25H32N2O4. The molecule has 0 spiro atoms. The van der Waals surface area contributed by atoms with Gasteiger partial charge >= 0.3 is 5.97 Å². The van der Waals surface area contributed by atoms with Crippen LogP contribution in [0.25, 0.3) is 0 Å². The van der Waals surface area contributed by atoms with E-state index in [1.807, 2.05) is 59.5 Å². The Kier molecular flexibility index (Phi) is 8.47. The van der Waals surface area contributed by atoms with Crippen molar-refractivity contribution in [3.05, 3.63) is 65.7 Å². The van der Waals surface area contributed by atoms with Crippen LogP contribution in [-0.2, 0) is 20.9 Å². The van der Waals surface area contributed by atoms with E-state index in [-0.39, 0.29) is 24.5 Å². The molecule has 1 aliphatic carbocycles. The lowest BCUT2D eigenvalue weighted by Crippen LogP contribution is -2.45. The monoisotopic (exact) mass is 424 g/mol. The molecule has 2 aromatic carbocycles. The normalized spacial score (nSPS) is 14.9. The molecule has 0 bridgehead atoms. The standard InChI is InChI=1S/C25H32N2O4/c1-3-31-23(28)18-27(17-19-9-5-4-6-10-19)24(20-13-15-22(30-2)16-14-20)25(29)26-21-11-7-8-12-21/h4-6,9-10,13-16,21,24H,3,7-8,11-12,17-18H2,1-2H3,(H,26,29)/t24-/m1/s1. The van der Waals surface area contributed by atoms with Gasteiger partial charge in [-0.05, 0) is 43.0 Å². The van der Waals surface area contributed by atoms with E-state index in [1.54, 1.807) is 14.0 Å². The van der Waals surface area contributed by atoms with E-state index in [1.165, 1.54) is 0 Å². The second-order valence-electron chi connectivity index (χ2n) is 7.86. The molecule has 1 N–H and O–H groups in total. The van der Waals surface area contributed by atoms with Crippen molar-refractivity contribution in [2.24, 2.45) is 0 Å². The van der Waals surface area contributed by atoms with Gasteiger partial charge in [0.1, 0.15) is 11.8 Å². The Balaban J connectivity index is 1.92. The van der Waals surface area contributed by atoms with Crippen LogP contribution in [0.2, 0.25) is 0 Å². The summed E-state index contributed by atoms with van der Waals surface area (Å²) in [7, 11) is 1.61. The van der Waals surface area contributed by atoms with Gasteiger partial charge in [0.2, 0.25) is 5.91 Å². The number of carbonyl (C=O) groups is 2. The molecule has 0 heterocycles. The van der Waals surface area contributed by atoms with Crippen LogP contribution in [0.5, 0.6) is 5.75 Å². The maximum atomic E-state index is 13.5. The molecule has 6 nitrogen and oxygen atoms in total. The van der Waals surface area contributed by atoms with Crippen molar-refractivity contribution >= 4 is 11.9 Å². The lowest BCUT2D eigenvalue weighted by Gasteiger charge is -2.31. The molecule has 0 unspecified atom stereocenters. The number of methoxy groups -OCH3 is 1. The molecule has 1 fully saturated rings. The van der Waals surface area contributed by atoms with Gasteiger partial charge in [0.25, 0.3) is 0 Å². The fourth-order valence-corrected chi connectivity index (χ4v) is 4.09. The Morgan fingerprint density at radius 1 is 1.06 bits per heavy atom. The summed E-state index contributed by atoms with van der Waals surface area (Å²) < 4.78 is 10.5. The molecule has 166 valence electrons. The summed E-state index contributed by atoms with van der Waals surface area (Å²) in [6.45, 7) is 2.57. The van der Waals surface area contributed by atoms with Gasteiger partial charge in [0.15, 0.2) is 0 Å². The summed E-state index contributed by atoms with van der Waals surface area (Å²) in [6, 6.07) is 16.9. The number of rotatable bonds is 10. The average Bonchev–Trinajstić information content (AvgIpc) is 3.28. The van der Waals surface area contributed by atoms with E-state index in [2.05, 4.69) is 5.32 Å². The van der Waals surface area contributed by atoms with Gasteiger partial charge in [-0.3, -0.25) is 14.5 Å². The number of ether oxygens (including phenoxy) is 2. The van der Waals surface area contributed by atoms with E-state index in [0.717, 1.165) is 42.6 Å². The first-order valence-corrected chi connectivity index (χ1v) is 11.0. The van der Waals surface area contributed by atoms with Crippen molar-refractivity contribution in [2.45, 2.75) is 51.2 Å². The van der Waals surface area contributed by atoms with E-state index >= 15 is 0 Å². The van der Waals surface area contributed by atoms with Crippen LogP contribution in [0, 0.1) is 0 Å². The maximum Gasteiger partial charge on any atom is 0.320 e. The van der Waals surface area contributed by atoms with Gasteiger partial charge in [-0.1, -0.05) is 55.3 Å². The highest BCUT2D eigenvalue weighted by molar-refractivity contribution is 5.84. The second kappa shape index (κ2) is 11.5. The number of hydrogen-bond donors (Lipinski definition) is 1. The molecule has 6 heteroatoms. The molecule has 31 heavy (non-hydrogen) atoms. The van der Waals surface area contributed by atoms with Crippen molar-refractivity contribution in [3.63, 3.8) is 0 Å². The molecule has 1 aliphatic rings. The van der Waals surface area contributed by atoms with Gasteiger partial charge in [-0.15, -0.1) is 0 Å². The summed E-state index contributed by atoms with van der Waals surface area (Å²) in [5.74, 6) is 0.293. The molecule has 0 aliphatic heterocycles. The van der Waals surface area contributed by atoms with E-state index in [0.29, 0.717) is 13.2 Å². The van der Waals surface area contributed by atoms with Crippen molar-refractivity contribution in [3.8, 4) is 5.75 Å². The van der Waals surface area contributed by atoms with Gasteiger partial charge in [-0.25, -0.2) is 0 Å². The van der Waals surface area contributed by atoms with E-state index in [4.69, 9.17) is 9.47 Å². The minimum absolute atomic E-state index is 0.0253. The lowest BCUT2D eigenvalue weighted by atomic mass is 10.0. The highest BCUT2D eigenvalue weighted by Crippen LogP contribution is 2.27. The van der Waals surface area contributed by atoms with Gasteiger partial charge in [0.05, 0.1) is 20.3 Å². The highest BCUT2D eigenvalue weighted by Gasteiger charge is 2.31. The van der Waals surface area contributed by atoms with Crippen molar-refractivity contribution in [1.29, 1.82) is 0 Å². The van der Waals surface area contributed by atoms with Crippen LogP contribution < -0.4 is 10.1 Å². The third kappa shape index (κ3) is 6.56. The predicted octanol–water partition coefficient (Wildman–Crippen LogP) is 3.86. The molecule has 1 saturated carbocycles. The maximum absolute atomic E-state index is 13.5. The van der Waals surface area contributed by atoms with Gasteiger partial charge in [-0.2, -0.15) is 0 Å². The molecule has 0 aromatic heterocycles. The zero-order valence-electron chi connectivity index (χ0n) is 18.4. The summed E-state index contributed by atoms with van der Waals surface area (Å²) in [5.41, 5.74) is 1.84. The first kappa shape index (κ1) is 22.8. The first-order valence-electron chi connectivity index (χ1n) is 11.0. The third-order valence-corrected chi connectivity index (χ3v) is 5.61. The third-order valence-electron chi connectivity index (χ3n) is 5.61. The van der Waals surface area contributed by atoms with Gasteiger partial charge < -0.3 is 14.8 Å². The number of nitrogens with zero attached hydrogens (tertiary/aromatic N) is 1. The number of nitrogens with one attached hydrogen (secondary N) is 1.